The largest absolute Gasteiger partial charge is 0.380 e. The van der Waals surface area contributed by atoms with E-state index in [4.69, 9.17) is 4.74 Å². The number of hydrogen-bond donors (Lipinski definition) is 2. The van der Waals surface area contributed by atoms with Crippen molar-refractivity contribution in [2.24, 2.45) is 5.92 Å². The Labute approximate surface area is 207 Å². The van der Waals surface area contributed by atoms with E-state index in [1.54, 1.807) is 22.8 Å². The van der Waals surface area contributed by atoms with Crippen LogP contribution in [0.3, 0.4) is 0 Å². The number of imidazole rings is 1. The molecule has 0 radical (unpaired) electrons. The number of aromatic amines is 1. The molecule has 36 heavy (non-hydrogen) atoms. The summed E-state index contributed by atoms with van der Waals surface area (Å²) in [5.74, 6) is 0.705. The van der Waals surface area contributed by atoms with Gasteiger partial charge in [-0.05, 0) is 56.1 Å². The summed E-state index contributed by atoms with van der Waals surface area (Å²) in [5, 5.41) is 4.32. The Kier molecular flexibility index (Phi) is 5.21. The number of fused-ring (bicyclic) bond motifs is 5. The molecule has 2 bridgehead atoms. The normalized spacial score (nSPS) is 24.0. The average Bonchev–Trinajstić information content (AvgIpc) is 3.34. The lowest BCUT2D eigenvalue weighted by molar-refractivity contribution is 0.0976. The van der Waals surface area contributed by atoms with Gasteiger partial charge in [0.2, 0.25) is 5.95 Å². The summed E-state index contributed by atoms with van der Waals surface area (Å²) < 4.78 is 22.6. The summed E-state index contributed by atoms with van der Waals surface area (Å²) in [4.78, 5) is 26.0. The Morgan fingerprint density at radius 1 is 1.06 bits per heavy atom. The van der Waals surface area contributed by atoms with Gasteiger partial charge in [-0.2, -0.15) is 0 Å². The first kappa shape index (κ1) is 21.8. The zero-order valence-electron chi connectivity index (χ0n) is 20.0. The van der Waals surface area contributed by atoms with Crippen molar-refractivity contribution in [1.29, 1.82) is 0 Å². The number of aromatic nitrogens is 3. The van der Waals surface area contributed by atoms with Crippen LogP contribution in [-0.2, 0) is 4.74 Å². The molecule has 4 fully saturated rings. The summed E-state index contributed by atoms with van der Waals surface area (Å²) in [7, 11) is 0. The van der Waals surface area contributed by atoms with E-state index in [9.17, 15) is 4.79 Å². The summed E-state index contributed by atoms with van der Waals surface area (Å²) in [6.45, 7) is 5.53. The number of H-pyrrole nitrogens is 1. The second kappa shape index (κ2) is 8.60. The van der Waals surface area contributed by atoms with Gasteiger partial charge in [0.25, 0.3) is 5.56 Å². The quantitative estimate of drug-likeness (QED) is 0.459. The Morgan fingerprint density at radius 2 is 1.86 bits per heavy atom. The predicted octanol–water partition coefficient (Wildman–Crippen LogP) is 3.35. The van der Waals surface area contributed by atoms with E-state index in [1.165, 1.54) is 0 Å². The van der Waals surface area contributed by atoms with Crippen LogP contribution in [-0.4, -0.2) is 71.4 Å². The maximum atomic E-state index is 15.6. The van der Waals surface area contributed by atoms with Gasteiger partial charge in [-0.3, -0.25) is 4.79 Å². The lowest BCUT2D eigenvalue weighted by Gasteiger charge is -2.45. The summed E-state index contributed by atoms with van der Waals surface area (Å²) in [6.07, 6.45) is 2.31. The van der Waals surface area contributed by atoms with Crippen LogP contribution in [0.2, 0.25) is 0 Å². The third kappa shape index (κ3) is 3.65. The van der Waals surface area contributed by atoms with E-state index in [0.29, 0.717) is 60.4 Å². The van der Waals surface area contributed by atoms with Crippen molar-refractivity contribution in [3.63, 3.8) is 0 Å². The molecule has 0 aliphatic carbocycles. The van der Waals surface area contributed by atoms with E-state index in [0.717, 1.165) is 43.5 Å². The molecule has 8 nitrogen and oxygen atoms in total. The molecule has 4 saturated heterocycles. The minimum atomic E-state index is -0.295. The highest BCUT2D eigenvalue weighted by Gasteiger charge is 2.34. The average molecular weight is 489 g/mol. The van der Waals surface area contributed by atoms with Crippen molar-refractivity contribution in [2.45, 2.75) is 18.9 Å². The van der Waals surface area contributed by atoms with Crippen molar-refractivity contribution >= 4 is 33.3 Å². The fourth-order valence-corrected chi connectivity index (χ4v) is 6.09. The number of benzene rings is 2. The van der Waals surface area contributed by atoms with Crippen LogP contribution < -0.4 is 15.8 Å². The zero-order valence-corrected chi connectivity index (χ0v) is 20.0. The van der Waals surface area contributed by atoms with Gasteiger partial charge < -0.3 is 24.8 Å². The van der Waals surface area contributed by atoms with Crippen molar-refractivity contribution < 1.29 is 9.13 Å². The van der Waals surface area contributed by atoms with Crippen LogP contribution >= 0.6 is 0 Å². The van der Waals surface area contributed by atoms with E-state index >= 15 is 4.39 Å². The number of nitrogens with one attached hydrogen (secondary N) is 2. The minimum absolute atomic E-state index is 0.204. The maximum Gasteiger partial charge on any atom is 0.260 e. The topological polar surface area (TPSA) is 78.4 Å². The number of morpholine rings is 1. The predicted molar refractivity (Wildman–Crippen MR) is 139 cm³/mol. The first-order valence-electron chi connectivity index (χ1n) is 12.8. The van der Waals surface area contributed by atoms with Crippen LogP contribution in [0.15, 0.2) is 47.3 Å². The molecule has 4 aliphatic rings. The van der Waals surface area contributed by atoms with Crippen molar-refractivity contribution in [3.8, 4) is 5.95 Å². The van der Waals surface area contributed by atoms with Crippen LogP contribution in [0, 0.1) is 11.7 Å². The highest BCUT2D eigenvalue weighted by atomic mass is 19.1. The van der Waals surface area contributed by atoms with Gasteiger partial charge in [-0.1, -0.05) is 12.1 Å². The van der Waals surface area contributed by atoms with E-state index < -0.39 is 0 Å². The lowest BCUT2D eigenvalue weighted by atomic mass is 9.84. The molecule has 6 heterocycles. The fourth-order valence-electron chi connectivity index (χ4n) is 6.09. The molecular formula is C27H29FN6O2. The second-order valence-corrected chi connectivity index (χ2v) is 10.1. The standard InChI is InChI=1S/C27H29FN6O2/c28-19-13-18-22(29-23-16-32-7-5-17(23)6-8-32)14-26(35)34(27-30-20-3-1-2-4-21(20)31-27)24(18)15-25(19)33-9-11-36-12-10-33/h1-4,13-15,17,23,29H,5-12,16H2,(H,30,31)/t23-/m1/s1. The molecule has 4 aromatic rings. The fraction of sp³-hybridized carbons (Fsp3) is 0.407. The molecule has 4 aliphatic heterocycles. The van der Waals surface area contributed by atoms with Crippen molar-refractivity contribution in [2.75, 3.05) is 56.2 Å². The maximum absolute atomic E-state index is 15.6. The Morgan fingerprint density at radius 3 is 2.61 bits per heavy atom. The van der Waals surface area contributed by atoms with Gasteiger partial charge in [0.05, 0.1) is 35.5 Å². The van der Waals surface area contributed by atoms with Gasteiger partial charge in [-0.15, -0.1) is 0 Å². The molecule has 0 saturated carbocycles. The van der Waals surface area contributed by atoms with E-state index in [-0.39, 0.29) is 17.4 Å². The number of hydrogen-bond acceptors (Lipinski definition) is 6. The molecule has 186 valence electrons. The Balaban J connectivity index is 1.40. The molecular weight excluding hydrogens is 459 g/mol. The van der Waals surface area contributed by atoms with E-state index in [2.05, 4.69) is 20.2 Å². The highest BCUT2D eigenvalue weighted by Crippen LogP contribution is 2.34. The first-order valence-corrected chi connectivity index (χ1v) is 12.8. The van der Waals surface area contributed by atoms with Gasteiger partial charge in [-0.25, -0.2) is 13.9 Å². The monoisotopic (exact) mass is 488 g/mol. The SMILES string of the molecule is O=c1cc(N[C@@H]2CN3CCC2CC3)c2cc(F)c(N3CCOCC3)cc2n1-c1nc2ccccc2[nH]1. The summed E-state index contributed by atoms with van der Waals surface area (Å²) in [5.41, 5.74) is 3.22. The molecule has 1 atom stereocenters. The highest BCUT2D eigenvalue weighted by molar-refractivity contribution is 5.95. The molecule has 0 spiro atoms. The molecule has 2 aromatic carbocycles. The number of pyridine rings is 1. The van der Waals surface area contributed by atoms with Gasteiger partial charge in [0.15, 0.2) is 0 Å². The molecule has 9 heteroatoms. The van der Waals surface area contributed by atoms with Gasteiger partial charge >= 0.3 is 0 Å². The van der Waals surface area contributed by atoms with Crippen molar-refractivity contribution in [3.05, 3.63) is 58.6 Å². The van der Waals surface area contributed by atoms with Crippen LogP contribution in [0.4, 0.5) is 15.8 Å². The molecule has 2 N–H and O–H groups in total. The van der Waals surface area contributed by atoms with Gasteiger partial charge in [0.1, 0.15) is 5.82 Å². The van der Waals surface area contributed by atoms with Gasteiger partial charge in [0, 0.05) is 42.8 Å². The second-order valence-electron chi connectivity index (χ2n) is 10.1. The number of ether oxygens (including phenoxy) is 1. The number of halogens is 1. The molecule has 0 unspecified atom stereocenters. The Bertz CT molecular complexity index is 1470. The van der Waals surface area contributed by atoms with Crippen LogP contribution in [0.1, 0.15) is 12.8 Å². The van der Waals surface area contributed by atoms with Crippen LogP contribution in [0.5, 0.6) is 0 Å². The first-order chi connectivity index (χ1) is 17.6. The number of piperidine rings is 3. The number of nitrogens with zero attached hydrogens (tertiary/aromatic N) is 4. The number of para-hydroxylation sites is 2. The van der Waals surface area contributed by atoms with Crippen LogP contribution in [0.25, 0.3) is 27.9 Å². The third-order valence-electron chi connectivity index (χ3n) is 8.02. The van der Waals surface area contributed by atoms with E-state index in [1.807, 2.05) is 29.2 Å². The molecule has 0 amide bonds. The summed E-state index contributed by atoms with van der Waals surface area (Å²) >= 11 is 0. The van der Waals surface area contributed by atoms with Crippen molar-refractivity contribution in [1.82, 2.24) is 19.4 Å². The smallest absolute Gasteiger partial charge is 0.260 e. The Hall–Kier alpha value is -3.43. The third-order valence-corrected chi connectivity index (χ3v) is 8.02. The number of rotatable bonds is 4. The molecule has 2 aromatic heterocycles. The number of anilines is 2. The molecule has 8 rings (SSSR count). The summed E-state index contributed by atoms with van der Waals surface area (Å²) in [6, 6.07) is 12.9. The lowest BCUT2D eigenvalue weighted by Crippen LogP contribution is -2.53. The minimum Gasteiger partial charge on any atom is -0.380 e. The zero-order chi connectivity index (χ0) is 24.2.